The van der Waals surface area contributed by atoms with Gasteiger partial charge in [0.05, 0.1) is 19.8 Å². The van der Waals surface area contributed by atoms with Crippen molar-refractivity contribution < 1.29 is 18.7 Å². The molecule has 1 aromatic rings. The third-order valence-corrected chi connectivity index (χ3v) is 3.01. The summed E-state index contributed by atoms with van der Waals surface area (Å²) in [6.07, 6.45) is 1.05. The Morgan fingerprint density at radius 3 is 3.17 bits per heavy atom. The molecule has 1 aliphatic rings. The van der Waals surface area contributed by atoms with Crippen molar-refractivity contribution in [1.29, 1.82) is 0 Å². The van der Waals surface area contributed by atoms with Crippen LogP contribution < -0.4 is 11.3 Å². The average Bonchev–Trinajstić information content (AvgIpc) is 2.99. The number of amides is 1. The number of hydrazine groups is 1. The lowest BCUT2D eigenvalue weighted by molar-refractivity contribution is 0.0785. The van der Waals surface area contributed by atoms with Crippen molar-refractivity contribution in [2.45, 2.75) is 20.0 Å². The smallest absolute Gasteiger partial charge is 0.300 e. The molecule has 1 saturated heterocycles. The van der Waals surface area contributed by atoms with Crippen LogP contribution in [0.25, 0.3) is 0 Å². The highest BCUT2D eigenvalue weighted by Crippen LogP contribution is 2.17. The summed E-state index contributed by atoms with van der Waals surface area (Å²) in [5.74, 6) is 5.96. The number of hydrogen-bond donors (Lipinski definition) is 2. The molecule has 3 N–H and O–H groups in total. The number of hydrogen-bond acceptors (Lipinski definition) is 5. The van der Waals surface area contributed by atoms with E-state index in [0.29, 0.717) is 24.9 Å². The van der Waals surface area contributed by atoms with Gasteiger partial charge in [0.2, 0.25) is 0 Å². The van der Waals surface area contributed by atoms with Crippen LogP contribution in [0.3, 0.4) is 0 Å². The summed E-state index contributed by atoms with van der Waals surface area (Å²) in [6, 6.07) is 1.66. The first kappa shape index (κ1) is 13.1. The highest BCUT2D eigenvalue weighted by atomic mass is 16.5. The summed E-state index contributed by atoms with van der Waals surface area (Å²) in [7, 11) is 0. The maximum absolute atomic E-state index is 11.3. The lowest BCUT2D eigenvalue weighted by Gasteiger charge is -2.07. The summed E-state index contributed by atoms with van der Waals surface area (Å²) in [6.45, 7) is 4.49. The fraction of sp³-hybridized carbons (Fsp3) is 0.583. The average molecular weight is 254 g/mol. The molecule has 0 bridgehead atoms. The predicted molar refractivity (Wildman–Crippen MR) is 63.7 cm³/mol. The third-order valence-electron chi connectivity index (χ3n) is 3.01. The van der Waals surface area contributed by atoms with Crippen molar-refractivity contribution >= 4 is 5.91 Å². The highest BCUT2D eigenvalue weighted by molar-refractivity contribution is 5.91. The number of nitrogens with one attached hydrogen (secondary N) is 1. The van der Waals surface area contributed by atoms with Gasteiger partial charge in [-0.3, -0.25) is 10.2 Å². The van der Waals surface area contributed by atoms with E-state index in [4.69, 9.17) is 19.7 Å². The molecule has 0 spiro atoms. The zero-order valence-corrected chi connectivity index (χ0v) is 10.4. The van der Waals surface area contributed by atoms with Crippen LogP contribution in [0.5, 0.6) is 0 Å². The van der Waals surface area contributed by atoms with Crippen molar-refractivity contribution in [2.24, 2.45) is 11.8 Å². The van der Waals surface area contributed by atoms with Gasteiger partial charge in [0.25, 0.3) is 0 Å². The molecule has 1 atom stereocenters. The molecule has 2 rings (SSSR count). The number of carbonyl (C=O) groups is 1. The second-order valence-electron chi connectivity index (χ2n) is 4.41. The predicted octanol–water partition coefficient (Wildman–Crippen LogP) is 0.745. The molecule has 1 fully saturated rings. The number of aryl methyl sites for hydroxylation is 1. The monoisotopic (exact) mass is 254 g/mol. The summed E-state index contributed by atoms with van der Waals surface area (Å²) in [5.41, 5.74) is 2.90. The Hall–Kier alpha value is -1.37. The molecule has 100 valence electrons. The van der Waals surface area contributed by atoms with Gasteiger partial charge in [0.15, 0.2) is 5.76 Å². The van der Waals surface area contributed by atoms with E-state index in [1.807, 2.05) is 5.43 Å². The Labute approximate surface area is 105 Å². The number of rotatable bonds is 5. The van der Waals surface area contributed by atoms with Crippen molar-refractivity contribution in [3.8, 4) is 0 Å². The van der Waals surface area contributed by atoms with Crippen LogP contribution in [0.4, 0.5) is 0 Å². The van der Waals surface area contributed by atoms with E-state index in [1.54, 1.807) is 13.0 Å². The minimum atomic E-state index is -0.437. The van der Waals surface area contributed by atoms with E-state index >= 15 is 0 Å². The molecular weight excluding hydrogens is 236 g/mol. The molecular formula is C12H18N2O4. The van der Waals surface area contributed by atoms with Gasteiger partial charge < -0.3 is 13.9 Å². The van der Waals surface area contributed by atoms with Crippen molar-refractivity contribution in [3.63, 3.8) is 0 Å². The number of ether oxygens (including phenoxy) is 2. The van der Waals surface area contributed by atoms with Crippen LogP contribution in [0, 0.1) is 12.8 Å². The highest BCUT2D eigenvalue weighted by Gasteiger charge is 2.17. The van der Waals surface area contributed by atoms with Gasteiger partial charge in [0, 0.05) is 18.1 Å². The first-order chi connectivity index (χ1) is 8.70. The maximum Gasteiger partial charge on any atom is 0.300 e. The Morgan fingerprint density at radius 1 is 1.67 bits per heavy atom. The third kappa shape index (κ3) is 3.10. The number of furan rings is 1. The number of nitrogen functional groups attached to an aromatic ring is 1. The molecule has 1 aliphatic heterocycles. The van der Waals surface area contributed by atoms with Crippen LogP contribution in [0.1, 0.15) is 28.3 Å². The maximum atomic E-state index is 11.3. The summed E-state index contributed by atoms with van der Waals surface area (Å²) < 4.78 is 16.2. The molecule has 0 radical (unpaired) electrons. The first-order valence-corrected chi connectivity index (χ1v) is 5.96. The normalized spacial score (nSPS) is 19.1. The molecule has 2 heterocycles. The second-order valence-corrected chi connectivity index (χ2v) is 4.41. The van der Waals surface area contributed by atoms with Gasteiger partial charge in [-0.25, -0.2) is 5.84 Å². The SMILES string of the molecule is Cc1oc(C(=O)NN)cc1COCC1CCOC1. The molecule has 0 aliphatic carbocycles. The minimum absolute atomic E-state index is 0.206. The van der Waals surface area contributed by atoms with E-state index in [-0.39, 0.29) is 5.76 Å². The van der Waals surface area contributed by atoms with Crippen molar-refractivity contribution in [3.05, 3.63) is 23.2 Å². The molecule has 6 nitrogen and oxygen atoms in total. The van der Waals surface area contributed by atoms with E-state index in [2.05, 4.69) is 0 Å². The van der Waals surface area contributed by atoms with Crippen LogP contribution >= 0.6 is 0 Å². The zero-order chi connectivity index (χ0) is 13.0. The lowest BCUT2D eigenvalue weighted by Crippen LogP contribution is -2.29. The standard InChI is InChI=1S/C12H18N2O4/c1-8-10(4-11(18-8)12(15)14-13)7-17-6-9-2-3-16-5-9/h4,9H,2-3,5-7,13H2,1H3,(H,14,15). The van der Waals surface area contributed by atoms with Gasteiger partial charge in [-0.1, -0.05) is 0 Å². The second kappa shape index (κ2) is 5.99. The first-order valence-electron chi connectivity index (χ1n) is 5.96. The van der Waals surface area contributed by atoms with E-state index < -0.39 is 5.91 Å². The van der Waals surface area contributed by atoms with E-state index in [1.165, 1.54) is 0 Å². The van der Waals surface area contributed by atoms with E-state index in [0.717, 1.165) is 25.2 Å². The van der Waals surface area contributed by atoms with Gasteiger partial charge >= 0.3 is 5.91 Å². The summed E-state index contributed by atoms with van der Waals surface area (Å²) in [4.78, 5) is 11.3. The Kier molecular flexibility index (Phi) is 4.35. The molecule has 1 aromatic heterocycles. The fourth-order valence-electron chi connectivity index (χ4n) is 1.90. The van der Waals surface area contributed by atoms with Gasteiger partial charge in [0.1, 0.15) is 5.76 Å². The Bertz CT molecular complexity index is 410. The zero-order valence-electron chi connectivity index (χ0n) is 10.4. The van der Waals surface area contributed by atoms with Crippen molar-refractivity contribution in [2.75, 3.05) is 19.8 Å². The largest absolute Gasteiger partial charge is 0.456 e. The topological polar surface area (TPSA) is 86.7 Å². The molecule has 0 aromatic carbocycles. The molecule has 18 heavy (non-hydrogen) atoms. The number of carbonyl (C=O) groups excluding carboxylic acids is 1. The van der Waals surface area contributed by atoms with Crippen LogP contribution in [-0.2, 0) is 16.1 Å². The van der Waals surface area contributed by atoms with Crippen LogP contribution in [0.2, 0.25) is 0 Å². The number of nitrogens with two attached hydrogens (primary N) is 1. The quantitative estimate of drug-likeness (QED) is 0.460. The van der Waals surface area contributed by atoms with Gasteiger partial charge in [-0.05, 0) is 19.4 Å². The Balaban J connectivity index is 1.84. The minimum Gasteiger partial charge on any atom is -0.456 e. The van der Waals surface area contributed by atoms with Crippen molar-refractivity contribution in [1.82, 2.24) is 5.43 Å². The molecule has 1 amide bonds. The van der Waals surface area contributed by atoms with E-state index in [9.17, 15) is 4.79 Å². The molecule has 1 unspecified atom stereocenters. The summed E-state index contributed by atoms with van der Waals surface area (Å²) >= 11 is 0. The summed E-state index contributed by atoms with van der Waals surface area (Å²) in [5, 5.41) is 0. The van der Waals surface area contributed by atoms with Gasteiger partial charge in [-0.2, -0.15) is 0 Å². The molecule has 6 heteroatoms. The van der Waals surface area contributed by atoms with Crippen LogP contribution in [0.15, 0.2) is 10.5 Å². The van der Waals surface area contributed by atoms with Crippen LogP contribution in [-0.4, -0.2) is 25.7 Å². The fourth-order valence-corrected chi connectivity index (χ4v) is 1.90. The lowest BCUT2D eigenvalue weighted by atomic mass is 10.1. The van der Waals surface area contributed by atoms with Gasteiger partial charge in [-0.15, -0.1) is 0 Å². The Morgan fingerprint density at radius 2 is 2.50 bits per heavy atom. The molecule has 0 saturated carbocycles.